The van der Waals surface area contributed by atoms with Gasteiger partial charge in [-0.05, 0) is 60.1 Å². The summed E-state index contributed by atoms with van der Waals surface area (Å²) < 4.78 is 0. The average Bonchev–Trinajstić information content (AvgIpc) is 2.90. The Kier molecular flexibility index (Phi) is 8.24. The van der Waals surface area contributed by atoms with Gasteiger partial charge in [-0.25, -0.2) is 0 Å². The van der Waals surface area contributed by atoms with E-state index >= 15 is 0 Å². The van der Waals surface area contributed by atoms with E-state index in [2.05, 4.69) is 53.8 Å². The minimum atomic E-state index is -0.274. The molecule has 1 amide bonds. The maximum Gasteiger partial charge on any atom is 0.231 e. The number of carbonyl (C=O) groups is 2. The normalized spacial score (nSPS) is 11.6. The number of hydrogen-bond donors (Lipinski definition) is 1. The molecule has 176 valence electrons. The van der Waals surface area contributed by atoms with E-state index in [0.717, 1.165) is 47.9 Å². The molecule has 3 nitrogen and oxygen atoms in total. The molecule has 0 aliphatic heterocycles. The van der Waals surface area contributed by atoms with Crippen LogP contribution in [0.3, 0.4) is 0 Å². The second-order valence-corrected chi connectivity index (χ2v) is 8.94. The van der Waals surface area contributed by atoms with Gasteiger partial charge in [-0.3, -0.25) is 9.59 Å². The quantitative estimate of drug-likeness (QED) is 0.258. The number of amides is 1. The topological polar surface area (TPSA) is 46.2 Å². The molecule has 0 aliphatic rings. The highest BCUT2D eigenvalue weighted by atomic mass is 16.1. The molecule has 35 heavy (non-hydrogen) atoms. The van der Waals surface area contributed by atoms with Crippen molar-refractivity contribution in [1.82, 2.24) is 0 Å². The summed E-state index contributed by atoms with van der Waals surface area (Å²) in [6, 6.07) is 34.3. The first-order valence-electron chi connectivity index (χ1n) is 12.2. The van der Waals surface area contributed by atoms with Crippen LogP contribution in [0.1, 0.15) is 57.4 Å². The molecule has 1 atom stereocenters. The lowest BCUT2D eigenvalue weighted by atomic mass is 9.96. The number of carbonyl (C=O) groups excluding carboxylic acids is 2. The lowest BCUT2D eigenvalue weighted by Crippen LogP contribution is -2.19. The Labute approximate surface area is 207 Å². The number of nitrogens with one attached hydrogen (secondary N) is 1. The van der Waals surface area contributed by atoms with Crippen molar-refractivity contribution in [3.05, 3.63) is 137 Å². The van der Waals surface area contributed by atoms with Crippen molar-refractivity contribution in [2.45, 2.75) is 38.5 Å². The van der Waals surface area contributed by atoms with Crippen LogP contribution in [-0.4, -0.2) is 12.2 Å². The molecule has 0 radical (unpaired) electrons. The molecule has 0 fully saturated rings. The molecule has 0 heterocycles. The first-order valence-corrected chi connectivity index (χ1v) is 12.2. The van der Waals surface area contributed by atoms with Gasteiger partial charge in [0, 0.05) is 17.7 Å². The van der Waals surface area contributed by atoms with Crippen molar-refractivity contribution in [2.24, 2.45) is 0 Å². The predicted octanol–water partition coefficient (Wildman–Crippen LogP) is 7.01. The zero-order chi connectivity index (χ0) is 24.5. The molecule has 1 unspecified atom stereocenters. The van der Waals surface area contributed by atoms with Crippen molar-refractivity contribution in [1.29, 1.82) is 0 Å². The lowest BCUT2D eigenvalue weighted by molar-refractivity contribution is -0.117. The molecule has 4 aromatic rings. The molecule has 0 saturated heterocycles. The third-order valence-corrected chi connectivity index (χ3v) is 6.48. The van der Waals surface area contributed by atoms with E-state index in [-0.39, 0.29) is 11.8 Å². The van der Waals surface area contributed by atoms with Crippen LogP contribution in [-0.2, 0) is 24.1 Å². The number of aldehydes is 1. The Hall–Kier alpha value is -3.98. The van der Waals surface area contributed by atoms with Crippen LogP contribution < -0.4 is 5.32 Å². The van der Waals surface area contributed by atoms with Crippen molar-refractivity contribution in [2.75, 3.05) is 5.32 Å². The molecular formula is C32H31NO2. The maximum absolute atomic E-state index is 13.1. The smallest absolute Gasteiger partial charge is 0.231 e. The van der Waals surface area contributed by atoms with Crippen molar-refractivity contribution >= 4 is 17.9 Å². The maximum atomic E-state index is 13.1. The van der Waals surface area contributed by atoms with Gasteiger partial charge in [0.05, 0.1) is 5.92 Å². The van der Waals surface area contributed by atoms with Crippen molar-refractivity contribution in [3.8, 4) is 0 Å². The Bertz CT molecular complexity index is 1260. The lowest BCUT2D eigenvalue weighted by Gasteiger charge is -2.16. The molecule has 4 rings (SSSR count). The molecule has 0 aliphatic carbocycles. The number of hydrogen-bond acceptors (Lipinski definition) is 2. The van der Waals surface area contributed by atoms with Gasteiger partial charge in [-0.1, -0.05) is 97.1 Å². The second kappa shape index (κ2) is 11.9. The van der Waals surface area contributed by atoms with E-state index in [4.69, 9.17) is 0 Å². The van der Waals surface area contributed by atoms with E-state index in [1.807, 2.05) is 61.5 Å². The Morgan fingerprint density at radius 1 is 0.743 bits per heavy atom. The number of benzene rings is 4. The summed E-state index contributed by atoms with van der Waals surface area (Å²) in [6.07, 6.45) is 4.65. The molecule has 0 spiro atoms. The summed E-state index contributed by atoms with van der Waals surface area (Å²) in [6.45, 7) is 1.93. The Morgan fingerprint density at radius 2 is 1.34 bits per heavy atom. The van der Waals surface area contributed by atoms with Crippen LogP contribution in [0.15, 0.2) is 103 Å². The minimum Gasteiger partial charge on any atom is -0.325 e. The largest absolute Gasteiger partial charge is 0.325 e. The molecule has 0 bridgehead atoms. The van der Waals surface area contributed by atoms with E-state index in [9.17, 15) is 9.59 Å². The first-order chi connectivity index (χ1) is 17.1. The second-order valence-electron chi connectivity index (χ2n) is 8.94. The Balaban J connectivity index is 1.37. The van der Waals surface area contributed by atoms with Crippen molar-refractivity contribution < 1.29 is 9.59 Å². The Morgan fingerprint density at radius 3 is 2.06 bits per heavy atom. The number of anilines is 1. The van der Waals surface area contributed by atoms with E-state index in [1.165, 1.54) is 11.1 Å². The standard InChI is InChI=1S/C32H31NO2/c1-24(27-20-18-26(19-21-27)13-9-12-25-10-3-2-4-11-25)32(35)33-31-17-8-7-15-29(31)22-28-14-5-6-16-30(28)23-34/h2-8,10-11,14-21,23-24H,9,12-13,22H2,1H3,(H,33,35). The molecule has 3 heteroatoms. The van der Waals surface area contributed by atoms with E-state index < -0.39 is 0 Å². The fraction of sp³-hybridized carbons (Fsp3) is 0.188. The van der Waals surface area contributed by atoms with Crippen LogP contribution in [0.2, 0.25) is 0 Å². The molecule has 0 aromatic heterocycles. The SMILES string of the molecule is CC(C(=O)Nc1ccccc1Cc1ccccc1C=O)c1ccc(CCCc2ccccc2)cc1. The van der Waals surface area contributed by atoms with Gasteiger partial charge < -0.3 is 5.32 Å². The minimum absolute atomic E-state index is 0.0436. The van der Waals surface area contributed by atoms with E-state index in [1.54, 1.807) is 0 Å². The first kappa shape index (κ1) is 24.2. The van der Waals surface area contributed by atoms with Gasteiger partial charge in [0.15, 0.2) is 0 Å². The molecule has 0 saturated carbocycles. The average molecular weight is 462 g/mol. The number of aryl methyl sites for hydroxylation is 2. The van der Waals surface area contributed by atoms with Crippen LogP contribution in [0.4, 0.5) is 5.69 Å². The highest BCUT2D eigenvalue weighted by molar-refractivity contribution is 5.96. The summed E-state index contributed by atoms with van der Waals surface area (Å²) in [4.78, 5) is 24.5. The summed E-state index contributed by atoms with van der Waals surface area (Å²) in [5.41, 5.74) is 7.03. The van der Waals surface area contributed by atoms with Crippen molar-refractivity contribution in [3.63, 3.8) is 0 Å². The zero-order valence-corrected chi connectivity index (χ0v) is 20.1. The monoisotopic (exact) mass is 461 g/mol. The van der Waals surface area contributed by atoms with Crippen LogP contribution >= 0.6 is 0 Å². The van der Waals surface area contributed by atoms with Gasteiger partial charge in [-0.15, -0.1) is 0 Å². The van der Waals surface area contributed by atoms with Crippen LogP contribution in [0.25, 0.3) is 0 Å². The fourth-order valence-corrected chi connectivity index (χ4v) is 4.32. The highest BCUT2D eigenvalue weighted by Crippen LogP contribution is 2.24. The van der Waals surface area contributed by atoms with Gasteiger partial charge in [0.1, 0.15) is 6.29 Å². The third kappa shape index (κ3) is 6.54. The number of rotatable bonds is 10. The molecular weight excluding hydrogens is 430 g/mol. The van der Waals surface area contributed by atoms with Crippen LogP contribution in [0.5, 0.6) is 0 Å². The van der Waals surface area contributed by atoms with Gasteiger partial charge in [0.25, 0.3) is 0 Å². The molecule has 1 N–H and O–H groups in total. The number of para-hydroxylation sites is 1. The predicted molar refractivity (Wildman–Crippen MR) is 143 cm³/mol. The highest BCUT2D eigenvalue weighted by Gasteiger charge is 2.17. The van der Waals surface area contributed by atoms with E-state index in [0.29, 0.717) is 12.0 Å². The van der Waals surface area contributed by atoms with Gasteiger partial charge in [0.2, 0.25) is 5.91 Å². The molecule has 4 aromatic carbocycles. The van der Waals surface area contributed by atoms with Crippen LogP contribution in [0, 0.1) is 0 Å². The zero-order valence-electron chi connectivity index (χ0n) is 20.1. The summed E-state index contributed by atoms with van der Waals surface area (Å²) in [7, 11) is 0. The summed E-state index contributed by atoms with van der Waals surface area (Å²) in [5.74, 6) is -0.318. The fourth-order valence-electron chi connectivity index (χ4n) is 4.32. The summed E-state index contributed by atoms with van der Waals surface area (Å²) in [5, 5.41) is 3.11. The van der Waals surface area contributed by atoms with Gasteiger partial charge in [-0.2, -0.15) is 0 Å². The third-order valence-electron chi connectivity index (χ3n) is 6.48. The van der Waals surface area contributed by atoms with Gasteiger partial charge >= 0.3 is 0 Å². The summed E-state index contributed by atoms with van der Waals surface area (Å²) >= 11 is 0.